The van der Waals surface area contributed by atoms with Gasteiger partial charge < -0.3 is 0 Å². The molecule has 0 heterocycles. The van der Waals surface area contributed by atoms with Crippen LogP contribution in [0.2, 0.25) is 10.0 Å². The van der Waals surface area contributed by atoms with Crippen LogP contribution >= 0.6 is 23.2 Å². The van der Waals surface area contributed by atoms with Crippen LogP contribution in [0.3, 0.4) is 0 Å². The van der Waals surface area contributed by atoms with Gasteiger partial charge in [-0.1, -0.05) is 48.5 Å². The number of carbonyl (C=O) groups excluding carboxylic acids is 2. The predicted molar refractivity (Wildman–Crippen MR) is 83.9 cm³/mol. The molecule has 2 fully saturated rings. The summed E-state index contributed by atoms with van der Waals surface area (Å²) in [5, 5.41) is 0.934. The molecular formula is C17H18Cl2O2. The first-order valence-electron chi connectivity index (χ1n) is 7.59. The molecule has 2 unspecified atom stereocenters. The zero-order chi connectivity index (χ0) is 15.0. The maximum atomic E-state index is 12.7. The van der Waals surface area contributed by atoms with E-state index in [1.54, 1.807) is 18.2 Å². The molecule has 0 radical (unpaired) electrons. The van der Waals surface area contributed by atoms with Crippen LogP contribution in [0.1, 0.15) is 50.0 Å². The third-order valence-corrected chi connectivity index (χ3v) is 5.45. The maximum absolute atomic E-state index is 12.7. The number of benzene rings is 1. The largest absolute Gasteiger partial charge is 0.298 e. The average molecular weight is 325 g/mol. The molecule has 3 rings (SSSR count). The highest BCUT2D eigenvalue weighted by Gasteiger charge is 2.45. The molecule has 4 heteroatoms. The van der Waals surface area contributed by atoms with Gasteiger partial charge in [-0.3, -0.25) is 9.59 Å². The smallest absolute Gasteiger partial charge is 0.151 e. The van der Waals surface area contributed by atoms with E-state index in [0.717, 1.165) is 12.8 Å². The third kappa shape index (κ3) is 2.89. The van der Waals surface area contributed by atoms with Crippen molar-refractivity contribution in [1.29, 1.82) is 0 Å². The van der Waals surface area contributed by atoms with E-state index in [4.69, 9.17) is 23.2 Å². The van der Waals surface area contributed by atoms with Crippen molar-refractivity contribution in [3.8, 4) is 0 Å². The van der Waals surface area contributed by atoms with Crippen molar-refractivity contribution < 1.29 is 9.59 Å². The fourth-order valence-corrected chi connectivity index (χ4v) is 4.32. The van der Waals surface area contributed by atoms with Crippen LogP contribution in [-0.2, 0) is 9.59 Å². The number of halogens is 2. The quantitative estimate of drug-likeness (QED) is 0.731. The summed E-state index contributed by atoms with van der Waals surface area (Å²) >= 11 is 12.1. The second-order valence-electron chi connectivity index (χ2n) is 6.18. The van der Waals surface area contributed by atoms with Crippen LogP contribution in [-0.4, -0.2) is 11.6 Å². The van der Waals surface area contributed by atoms with Gasteiger partial charge in [-0.15, -0.1) is 0 Å². The summed E-state index contributed by atoms with van der Waals surface area (Å²) in [5.41, 5.74) is 0.620. The molecule has 21 heavy (non-hydrogen) atoms. The van der Waals surface area contributed by atoms with E-state index < -0.39 is 5.92 Å². The van der Waals surface area contributed by atoms with Crippen LogP contribution in [0.5, 0.6) is 0 Å². The highest BCUT2D eigenvalue weighted by atomic mass is 35.5. The molecule has 0 saturated heterocycles. The Morgan fingerprint density at radius 3 is 2.38 bits per heavy atom. The number of rotatable bonds is 2. The minimum Gasteiger partial charge on any atom is -0.298 e. The van der Waals surface area contributed by atoms with Gasteiger partial charge in [0, 0.05) is 22.4 Å². The van der Waals surface area contributed by atoms with Crippen molar-refractivity contribution in [2.24, 2.45) is 11.8 Å². The number of hydrogen-bond acceptors (Lipinski definition) is 2. The lowest BCUT2D eigenvalue weighted by Crippen LogP contribution is -2.23. The van der Waals surface area contributed by atoms with Gasteiger partial charge in [0.25, 0.3) is 0 Å². The molecule has 0 bridgehead atoms. The van der Waals surface area contributed by atoms with Crippen molar-refractivity contribution in [2.45, 2.75) is 44.4 Å². The lowest BCUT2D eigenvalue weighted by atomic mass is 9.78. The second kappa shape index (κ2) is 6.10. The van der Waals surface area contributed by atoms with Gasteiger partial charge in [0.1, 0.15) is 11.7 Å². The molecular weight excluding hydrogens is 307 g/mol. The Morgan fingerprint density at radius 1 is 1.00 bits per heavy atom. The summed E-state index contributed by atoms with van der Waals surface area (Å²) in [6.07, 6.45) is 6.13. The van der Waals surface area contributed by atoms with E-state index in [-0.39, 0.29) is 17.5 Å². The summed E-state index contributed by atoms with van der Waals surface area (Å²) in [4.78, 5) is 25.1. The molecule has 0 aliphatic heterocycles. The highest BCUT2D eigenvalue weighted by Crippen LogP contribution is 2.43. The Balaban J connectivity index is 1.86. The lowest BCUT2D eigenvalue weighted by Gasteiger charge is -2.26. The van der Waals surface area contributed by atoms with Gasteiger partial charge in [-0.05, 0) is 36.5 Å². The molecule has 2 aliphatic carbocycles. The van der Waals surface area contributed by atoms with E-state index in [1.165, 1.54) is 19.3 Å². The normalized spacial score (nSPS) is 27.3. The first kappa shape index (κ1) is 15.1. The molecule has 112 valence electrons. The van der Waals surface area contributed by atoms with Crippen LogP contribution in [0, 0.1) is 11.8 Å². The van der Waals surface area contributed by atoms with Gasteiger partial charge in [0.2, 0.25) is 0 Å². The molecule has 0 amide bonds. The summed E-state index contributed by atoms with van der Waals surface area (Å²) in [7, 11) is 0. The molecule has 1 aromatic carbocycles. The molecule has 2 nitrogen and oxygen atoms in total. The predicted octanol–water partition coefficient (Wildman–Crippen LogP) is 4.82. The molecule has 1 aromatic rings. The second-order valence-corrected chi connectivity index (χ2v) is 7.02. The number of Topliss-reactive ketones (excluding diaryl/α,β-unsaturated/α-hetero) is 2. The Hall–Kier alpha value is -0.860. The van der Waals surface area contributed by atoms with E-state index in [0.29, 0.717) is 27.9 Å². The number of carbonyl (C=O) groups is 2. The topological polar surface area (TPSA) is 34.1 Å². The molecule has 2 aliphatic rings. The van der Waals surface area contributed by atoms with E-state index in [1.807, 2.05) is 0 Å². The van der Waals surface area contributed by atoms with Gasteiger partial charge in [0.15, 0.2) is 5.78 Å². The fraction of sp³-hybridized carbons (Fsp3) is 0.529. The zero-order valence-electron chi connectivity index (χ0n) is 11.8. The van der Waals surface area contributed by atoms with Crippen LogP contribution < -0.4 is 0 Å². The summed E-state index contributed by atoms with van der Waals surface area (Å²) < 4.78 is 0. The molecule has 2 atom stereocenters. The Bertz CT molecular complexity index is 576. The van der Waals surface area contributed by atoms with E-state index in [9.17, 15) is 9.59 Å². The summed E-state index contributed by atoms with van der Waals surface area (Å²) in [6, 6.07) is 5.01. The zero-order valence-corrected chi connectivity index (χ0v) is 13.3. The minimum atomic E-state index is -0.679. The number of ketones is 2. The molecule has 0 N–H and O–H groups in total. The van der Waals surface area contributed by atoms with Gasteiger partial charge in [-0.25, -0.2) is 0 Å². The maximum Gasteiger partial charge on any atom is 0.151 e. The van der Waals surface area contributed by atoms with Crippen molar-refractivity contribution in [3.63, 3.8) is 0 Å². The standard InChI is InChI=1S/C17H18Cl2O2/c18-11-6-7-12(14(19)8-11)16-15(20)9-13(17(16)21)10-4-2-1-3-5-10/h6-8,10,13,16H,1-5,9H2. The van der Waals surface area contributed by atoms with Crippen LogP contribution in [0.25, 0.3) is 0 Å². The van der Waals surface area contributed by atoms with E-state index in [2.05, 4.69) is 0 Å². The van der Waals surface area contributed by atoms with Crippen molar-refractivity contribution in [2.75, 3.05) is 0 Å². The molecule has 2 saturated carbocycles. The van der Waals surface area contributed by atoms with E-state index >= 15 is 0 Å². The first-order valence-corrected chi connectivity index (χ1v) is 8.35. The summed E-state index contributed by atoms with van der Waals surface area (Å²) in [5.74, 6) is -0.321. The van der Waals surface area contributed by atoms with Crippen molar-refractivity contribution in [3.05, 3.63) is 33.8 Å². The molecule has 0 spiro atoms. The number of hydrogen-bond donors (Lipinski definition) is 0. The average Bonchev–Trinajstić information content (AvgIpc) is 2.76. The van der Waals surface area contributed by atoms with Crippen molar-refractivity contribution in [1.82, 2.24) is 0 Å². The summed E-state index contributed by atoms with van der Waals surface area (Å²) in [6.45, 7) is 0. The lowest BCUT2D eigenvalue weighted by molar-refractivity contribution is -0.125. The van der Waals surface area contributed by atoms with Crippen LogP contribution in [0.4, 0.5) is 0 Å². The van der Waals surface area contributed by atoms with Gasteiger partial charge in [-0.2, -0.15) is 0 Å². The Kier molecular flexibility index (Phi) is 4.37. The third-order valence-electron chi connectivity index (χ3n) is 4.89. The van der Waals surface area contributed by atoms with Crippen LogP contribution in [0.15, 0.2) is 18.2 Å². The molecule has 0 aromatic heterocycles. The van der Waals surface area contributed by atoms with Gasteiger partial charge in [0.05, 0.1) is 0 Å². The Morgan fingerprint density at radius 2 is 1.71 bits per heavy atom. The van der Waals surface area contributed by atoms with Crippen molar-refractivity contribution >= 4 is 34.8 Å². The Labute approximate surface area is 134 Å². The SMILES string of the molecule is O=C1CC(C2CCCCC2)C(=O)C1c1ccc(Cl)cc1Cl. The first-order chi connectivity index (χ1) is 10.1. The fourth-order valence-electron chi connectivity index (χ4n) is 3.81. The monoisotopic (exact) mass is 324 g/mol. The minimum absolute atomic E-state index is 0.0137. The highest BCUT2D eigenvalue weighted by molar-refractivity contribution is 6.35. The van der Waals surface area contributed by atoms with Gasteiger partial charge >= 0.3 is 0 Å².